The number of hydrogen-bond donors (Lipinski definition) is 1. The predicted molar refractivity (Wildman–Crippen MR) is 99.4 cm³/mol. The third-order valence-corrected chi connectivity index (χ3v) is 4.73. The van der Waals surface area contributed by atoms with Gasteiger partial charge >= 0.3 is 0 Å². The molecule has 0 aliphatic carbocycles. The Bertz CT molecular complexity index is 813. The topological polar surface area (TPSA) is 49.4 Å². The number of carbonyl (C=O) groups is 2. The molecule has 2 amide bonds. The average Bonchev–Trinajstić information content (AvgIpc) is 2.96. The number of hydrogen-bond acceptors (Lipinski definition) is 2. The van der Waals surface area contributed by atoms with E-state index in [2.05, 4.69) is 5.32 Å². The summed E-state index contributed by atoms with van der Waals surface area (Å²) in [7, 11) is 0. The molecule has 0 saturated carbocycles. The molecular formula is C21H24N2O2. The van der Waals surface area contributed by atoms with Crippen LogP contribution < -0.4 is 10.2 Å². The van der Waals surface area contributed by atoms with Gasteiger partial charge in [0.2, 0.25) is 11.8 Å². The summed E-state index contributed by atoms with van der Waals surface area (Å²) in [5.41, 5.74) is 5.29. The van der Waals surface area contributed by atoms with Crippen LogP contribution in [0, 0.1) is 26.7 Å². The summed E-state index contributed by atoms with van der Waals surface area (Å²) in [6, 6.07) is 14.1. The molecule has 1 atom stereocenters. The summed E-state index contributed by atoms with van der Waals surface area (Å²) in [6.07, 6.45) is 0.561. The van der Waals surface area contributed by atoms with Gasteiger partial charge in [-0.3, -0.25) is 9.59 Å². The summed E-state index contributed by atoms with van der Waals surface area (Å²) in [5.74, 6) is -0.875. The van der Waals surface area contributed by atoms with Gasteiger partial charge < -0.3 is 10.2 Å². The molecule has 4 heteroatoms. The molecule has 25 heavy (non-hydrogen) atoms. The van der Waals surface area contributed by atoms with Gasteiger partial charge in [0.15, 0.2) is 0 Å². The first-order valence-corrected chi connectivity index (χ1v) is 8.67. The van der Waals surface area contributed by atoms with E-state index in [0.29, 0.717) is 19.5 Å². The Morgan fingerprint density at radius 3 is 2.64 bits per heavy atom. The summed E-state index contributed by atoms with van der Waals surface area (Å²) in [4.78, 5) is 27.0. The second-order valence-corrected chi connectivity index (χ2v) is 6.83. The van der Waals surface area contributed by atoms with Crippen LogP contribution in [0.2, 0.25) is 0 Å². The number of rotatable bonds is 4. The largest absolute Gasteiger partial charge is 0.351 e. The van der Waals surface area contributed by atoms with E-state index in [4.69, 9.17) is 0 Å². The van der Waals surface area contributed by atoms with Crippen molar-refractivity contribution in [1.82, 2.24) is 5.32 Å². The highest BCUT2D eigenvalue weighted by molar-refractivity contribution is 6.09. The van der Waals surface area contributed by atoms with E-state index < -0.39 is 5.92 Å². The van der Waals surface area contributed by atoms with Gasteiger partial charge in [0.25, 0.3) is 0 Å². The highest BCUT2D eigenvalue weighted by Crippen LogP contribution is 2.29. The van der Waals surface area contributed by atoms with Crippen molar-refractivity contribution in [1.29, 1.82) is 0 Å². The van der Waals surface area contributed by atoms with Crippen molar-refractivity contribution < 1.29 is 9.59 Å². The smallest absolute Gasteiger partial charge is 0.239 e. The quantitative estimate of drug-likeness (QED) is 0.871. The van der Waals surface area contributed by atoms with Gasteiger partial charge in [-0.15, -0.1) is 0 Å². The van der Waals surface area contributed by atoms with Crippen LogP contribution in [0.1, 0.15) is 28.7 Å². The Morgan fingerprint density at radius 2 is 1.88 bits per heavy atom. The van der Waals surface area contributed by atoms with Crippen LogP contribution in [-0.4, -0.2) is 18.4 Å². The summed E-state index contributed by atoms with van der Waals surface area (Å²) >= 11 is 0. The molecule has 0 bridgehead atoms. The Morgan fingerprint density at radius 1 is 1.12 bits per heavy atom. The molecule has 3 rings (SSSR count). The zero-order chi connectivity index (χ0) is 18.0. The molecule has 1 aliphatic rings. The molecule has 0 aromatic heterocycles. The molecule has 1 fully saturated rings. The number of anilines is 1. The van der Waals surface area contributed by atoms with Gasteiger partial charge in [-0.25, -0.2) is 0 Å². The molecule has 2 aromatic carbocycles. The van der Waals surface area contributed by atoms with Crippen LogP contribution in [0.25, 0.3) is 0 Å². The molecule has 1 saturated heterocycles. The monoisotopic (exact) mass is 336 g/mol. The maximum atomic E-state index is 12.7. The fourth-order valence-corrected chi connectivity index (χ4v) is 3.31. The summed E-state index contributed by atoms with van der Waals surface area (Å²) < 4.78 is 0. The second-order valence-electron chi connectivity index (χ2n) is 6.83. The van der Waals surface area contributed by atoms with Crippen LogP contribution in [0.3, 0.4) is 0 Å². The molecule has 130 valence electrons. The third-order valence-electron chi connectivity index (χ3n) is 4.73. The lowest BCUT2D eigenvalue weighted by molar-refractivity contribution is -0.132. The molecule has 1 heterocycles. The Balaban J connectivity index is 1.67. The number of nitrogens with zero attached hydrogens (tertiary/aromatic N) is 1. The maximum Gasteiger partial charge on any atom is 0.239 e. The van der Waals surface area contributed by atoms with Gasteiger partial charge in [0.05, 0.1) is 0 Å². The van der Waals surface area contributed by atoms with Crippen molar-refractivity contribution in [3.8, 4) is 0 Å². The lowest BCUT2D eigenvalue weighted by Crippen LogP contribution is -2.36. The summed E-state index contributed by atoms with van der Waals surface area (Å²) in [5, 5.41) is 2.91. The van der Waals surface area contributed by atoms with E-state index in [9.17, 15) is 9.59 Å². The van der Waals surface area contributed by atoms with Gasteiger partial charge in [-0.05, 0) is 49.9 Å². The van der Waals surface area contributed by atoms with E-state index in [1.54, 1.807) is 4.90 Å². The number of amides is 2. The van der Waals surface area contributed by atoms with Crippen molar-refractivity contribution in [3.05, 3.63) is 64.7 Å². The lowest BCUT2D eigenvalue weighted by Gasteiger charge is -2.19. The van der Waals surface area contributed by atoms with Crippen molar-refractivity contribution >= 4 is 17.5 Å². The Kier molecular flexibility index (Phi) is 4.88. The van der Waals surface area contributed by atoms with Crippen molar-refractivity contribution in [2.45, 2.75) is 33.7 Å². The highest BCUT2D eigenvalue weighted by Gasteiger charge is 2.37. The molecule has 2 aromatic rings. The van der Waals surface area contributed by atoms with Crippen LogP contribution in [-0.2, 0) is 16.1 Å². The molecule has 4 nitrogen and oxygen atoms in total. The number of benzene rings is 2. The number of nitrogens with one attached hydrogen (secondary N) is 1. The fourth-order valence-electron chi connectivity index (χ4n) is 3.31. The van der Waals surface area contributed by atoms with Crippen molar-refractivity contribution in [3.63, 3.8) is 0 Å². The Hall–Kier alpha value is -2.62. The predicted octanol–water partition coefficient (Wildman–Crippen LogP) is 3.28. The van der Waals surface area contributed by atoms with Crippen molar-refractivity contribution in [2.75, 3.05) is 11.4 Å². The molecule has 1 aliphatic heterocycles. The van der Waals surface area contributed by atoms with E-state index >= 15 is 0 Å². The first-order valence-electron chi connectivity index (χ1n) is 8.67. The third kappa shape index (κ3) is 3.73. The van der Waals surface area contributed by atoms with Crippen LogP contribution >= 0.6 is 0 Å². The van der Waals surface area contributed by atoms with Crippen LogP contribution in [0.15, 0.2) is 42.5 Å². The minimum atomic E-state index is -0.593. The molecule has 0 radical (unpaired) electrons. The van der Waals surface area contributed by atoms with Gasteiger partial charge in [-0.1, -0.05) is 42.0 Å². The van der Waals surface area contributed by atoms with E-state index in [-0.39, 0.29) is 11.8 Å². The first kappa shape index (κ1) is 17.2. The second kappa shape index (κ2) is 7.09. The average molecular weight is 336 g/mol. The standard InChI is InChI=1S/C21H24N2O2/c1-14-5-4-6-17(11-14)13-22-20(24)18-9-10-23(21(18)25)19-12-15(2)7-8-16(19)3/h4-8,11-12,18H,9-10,13H2,1-3H3,(H,22,24). The normalized spacial score (nSPS) is 17.0. The lowest BCUT2D eigenvalue weighted by atomic mass is 10.1. The van der Waals surface area contributed by atoms with Gasteiger partial charge in [0, 0.05) is 18.8 Å². The van der Waals surface area contributed by atoms with Crippen LogP contribution in [0.4, 0.5) is 5.69 Å². The molecule has 0 spiro atoms. The van der Waals surface area contributed by atoms with E-state index in [0.717, 1.165) is 27.9 Å². The van der Waals surface area contributed by atoms with E-state index in [1.807, 2.05) is 63.2 Å². The maximum absolute atomic E-state index is 12.7. The summed E-state index contributed by atoms with van der Waals surface area (Å²) in [6.45, 7) is 7.07. The number of aryl methyl sites for hydroxylation is 3. The minimum Gasteiger partial charge on any atom is -0.351 e. The van der Waals surface area contributed by atoms with Gasteiger partial charge in [-0.2, -0.15) is 0 Å². The van der Waals surface area contributed by atoms with Crippen molar-refractivity contribution in [2.24, 2.45) is 5.92 Å². The minimum absolute atomic E-state index is 0.101. The van der Waals surface area contributed by atoms with Crippen LogP contribution in [0.5, 0.6) is 0 Å². The fraction of sp³-hybridized carbons (Fsp3) is 0.333. The first-order chi connectivity index (χ1) is 12.0. The van der Waals surface area contributed by atoms with E-state index in [1.165, 1.54) is 0 Å². The molecular weight excluding hydrogens is 312 g/mol. The zero-order valence-electron chi connectivity index (χ0n) is 15.0. The number of carbonyl (C=O) groups excluding carboxylic acids is 2. The SMILES string of the molecule is Cc1cccc(CNC(=O)C2CCN(c3cc(C)ccc3C)C2=O)c1. The zero-order valence-corrected chi connectivity index (χ0v) is 15.0. The Labute approximate surface area is 148 Å². The highest BCUT2D eigenvalue weighted by atomic mass is 16.2. The van der Waals surface area contributed by atoms with Gasteiger partial charge in [0.1, 0.15) is 5.92 Å². The molecule has 1 unspecified atom stereocenters. The molecule has 1 N–H and O–H groups in total.